The third kappa shape index (κ3) is 4.58. The molecule has 0 unspecified atom stereocenters. The number of carbonyl (C=O) groups is 1. The van der Waals surface area contributed by atoms with Crippen molar-refractivity contribution in [1.82, 2.24) is 15.5 Å². The fourth-order valence-corrected chi connectivity index (χ4v) is 1.67. The summed E-state index contributed by atoms with van der Waals surface area (Å²) >= 11 is 0. The summed E-state index contributed by atoms with van der Waals surface area (Å²) in [4.78, 5) is 13.6. The van der Waals surface area contributed by atoms with Gasteiger partial charge in [0.2, 0.25) is 5.91 Å². The largest absolute Gasteiger partial charge is 0.356 e. The van der Waals surface area contributed by atoms with Crippen LogP contribution in [0.4, 0.5) is 0 Å². The van der Waals surface area contributed by atoms with Gasteiger partial charge in [0.05, 0.1) is 0 Å². The first-order valence-corrected chi connectivity index (χ1v) is 5.52. The summed E-state index contributed by atoms with van der Waals surface area (Å²) in [5, 5.41) is 6.17. The van der Waals surface area contributed by atoms with E-state index in [1.807, 2.05) is 6.92 Å². The highest BCUT2D eigenvalue weighted by Crippen LogP contribution is 1.96. The summed E-state index contributed by atoms with van der Waals surface area (Å²) in [5.41, 5.74) is 0. The van der Waals surface area contributed by atoms with E-state index in [0.29, 0.717) is 6.42 Å². The van der Waals surface area contributed by atoms with Gasteiger partial charge in [-0.05, 0) is 26.4 Å². The van der Waals surface area contributed by atoms with Gasteiger partial charge in [0.25, 0.3) is 0 Å². The van der Waals surface area contributed by atoms with Crippen LogP contribution in [-0.2, 0) is 4.79 Å². The van der Waals surface area contributed by atoms with Crippen molar-refractivity contribution in [3.05, 3.63) is 0 Å². The van der Waals surface area contributed by atoms with Crippen LogP contribution in [0.15, 0.2) is 0 Å². The maximum Gasteiger partial charge on any atom is 0.221 e. The van der Waals surface area contributed by atoms with Gasteiger partial charge in [-0.25, -0.2) is 0 Å². The second kappa shape index (κ2) is 6.79. The SMILES string of the molecule is CCNC(=O)CCN1CCCNCC1. The third-order valence-electron chi connectivity index (χ3n) is 2.46. The van der Waals surface area contributed by atoms with Crippen LogP contribution in [0.25, 0.3) is 0 Å². The molecule has 0 aromatic heterocycles. The predicted molar refractivity (Wildman–Crippen MR) is 57.2 cm³/mol. The number of rotatable bonds is 4. The molecule has 0 atom stereocenters. The lowest BCUT2D eigenvalue weighted by atomic mass is 10.3. The Morgan fingerprint density at radius 1 is 1.43 bits per heavy atom. The van der Waals surface area contributed by atoms with E-state index in [-0.39, 0.29) is 5.91 Å². The van der Waals surface area contributed by atoms with Gasteiger partial charge in [0.1, 0.15) is 0 Å². The number of hydrogen-bond acceptors (Lipinski definition) is 3. The molecule has 1 aliphatic heterocycles. The zero-order chi connectivity index (χ0) is 10.2. The molecule has 1 amide bonds. The molecule has 0 spiro atoms. The Kier molecular flexibility index (Phi) is 5.56. The average Bonchev–Trinajstić information content (AvgIpc) is 2.43. The van der Waals surface area contributed by atoms with Crippen molar-refractivity contribution >= 4 is 5.91 Å². The topological polar surface area (TPSA) is 44.4 Å². The average molecular weight is 199 g/mol. The molecule has 2 N–H and O–H groups in total. The van der Waals surface area contributed by atoms with Gasteiger partial charge in [-0.15, -0.1) is 0 Å². The van der Waals surface area contributed by atoms with E-state index in [2.05, 4.69) is 15.5 Å². The fraction of sp³-hybridized carbons (Fsp3) is 0.900. The van der Waals surface area contributed by atoms with E-state index in [1.54, 1.807) is 0 Å². The molecule has 4 nitrogen and oxygen atoms in total. The molecule has 1 rings (SSSR count). The molecular formula is C10H21N3O. The van der Waals surface area contributed by atoms with Crippen molar-refractivity contribution in [2.45, 2.75) is 19.8 Å². The Hall–Kier alpha value is -0.610. The lowest BCUT2D eigenvalue weighted by Gasteiger charge is -2.18. The second-order valence-electron chi connectivity index (χ2n) is 3.65. The minimum absolute atomic E-state index is 0.171. The van der Waals surface area contributed by atoms with Crippen molar-refractivity contribution < 1.29 is 4.79 Å². The number of nitrogens with one attached hydrogen (secondary N) is 2. The van der Waals surface area contributed by atoms with Crippen LogP contribution in [0.1, 0.15) is 19.8 Å². The number of carbonyl (C=O) groups excluding carboxylic acids is 1. The van der Waals surface area contributed by atoms with Gasteiger partial charge in [-0.3, -0.25) is 4.79 Å². The van der Waals surface area contributed by atoms with E-state index in [1.165, 1.54) is 6.42 Å². The summed E-state index contributed by atoms with van der Waals surface area (Å²) in [6.07, 6.45) is 1.82. The van der Waals surface area contributed by atoms with E-state index in [0.717, 1.165) is 39.3 Å². The molecule has 14 heavy (non-hydrogen) atoms. The smallest absolute Gasteiger partial charge is 0.221 e. The van der Waals surface area contributed by atoms with Crippen molar-refractivity contribution in [2.75, 3.05) is 39.3 Å². The zero-order valence-electron chi connectivity index (χ0n) is 9.01. The van der Waals surface area contributed by atoms with Gasteiger partial charge in [-0.1, -0.05) is 0 Å². The van der Waals surface area contributed by atoms with Gasteiger partial charge in [0.15, 0.2) is 0 Å². The highest BCUT2D eigenvalue weighted by Gasteiger charge is 2.09. The summed E-state index contributed by atoms with van der Waals surface area (Å²) in [6, 6.07) is 0. The molecule has 1 heterocycles. The van der Waals surface area contributed by atoms with E-state index in [9.17, 15) is 4.79 Å². The van der Waals surface area contributed by atoms with Crippen LogP contribution >= 0.6 is 0 Å². The molecule has 0 radical (unpaired) electrons. The molecule has 1 saturated heterocycles. The standard InChI is InChI=1S/C10H21N3O/c1-2-12-10(14)4-8-13-7-3-5-11-6-9-13/h11H,2-9H2,1H3,(H,12,14). The highest BCUT2D eigenvalue weighted by molar-refractivity contribution is 5.75. The Labute approximate surface area is 86.0 Å². The molecular weight excluding hydrogens is 178 g/mol. The van der Waals surface area contributed by atoms with Crippen molar-refractivity contribution in [1.29, 1.82) is 0 Å². The van der Waals surface area contributed by atoms with Gasteiger partial charge >= 0.3 is 0 Å². The molecule has 0 aromatic carbocycles. The fourth-order valence-electron chi connectivity index (χ4n) is 1.67. The predicted octanol–water partition coefficient (Wildman–Crippen LogP) is -0.192. The van der Waals surface area contributed by atoms with E-state index in [4.69, 9.17) is 0 Å². The third-order valence-corrected chi connectivity index (χ3v) is 2.46. The maximum absolute atomic E-state index is 11.2. The maximum atomic E-state index is 11.2. The summed E-state index contributed by atoms with van der Waals surface area (Å²) in [7, 11) is 0. The van der Waals surface area contributed by atoms with Crippen LogP contribution in [-0.4, -0.2) is 50.1 Å². The zero-order valence-corrected chi connectivity index (χ0v) is 9.01. The molecule has 0 aromatic rings. The summed E-state index contributed by atoms with van der Waals surface area (Å²) < 4.78 is 0. The van der Waals surface area contributed by atoms with Gasteiger partial charge in [0, 0.05) is 32.6 Å². The highest BCUT2D eigenvalue weighted by atomic mass is 16.1. The molecule has 0 aliphatic carbocycles. The number of amides is 1. The first-order valence-electron chi connectivity index (χ1n) is 5.52. The van der Waals surface area contributed by atoms with Gasteiger partial charge in [-0.2, -0.15) is 0 Å². The minimum atomic E-state index is 0.171. The number of nitrogens with zero attached hydrogens (tertiary/aromatic N) is 1. The summed E-state index contributed by atoms with van der Waals surface area (Å²) in [6.45, 7) is 7.93. The number of hydrogen-bond donors (Lipinski definition) is 2. The lowest BCUT2D eigenvalue weighted by Crippen LogP contribution is -2.33. The summed E-state index contributed by atoms with van der Waals surface area (Å²) in [5.74, 6) is 0.171. The van der Waals surface area contributed by atoms with Crippen LogP contribution in [0.2, 0.25) is 0 Å². The molecule has 1 aliphatic rings. The second-order valence-corrected chi connectivity index (χ2v) is 3.65. The Balaban J connectivity index is 2.12. The van der Waals surface area contributed by atoms with Crippen LogP contribution in [0.5, 0.6) is 0 Å². The van der Waals surface area contributed by atoms with Crippen LogP contribution < -0.4 is 10.6 Å². The lowest BCUT2D eigenvalue weighted by molar-refractivity contribution is -0.121. The van der Waals surface area contributed by atoms with Crippen LogP contribution in [0.3, 0.4) is 0 Å². The molecule has 0 saturated carbocycles. The minimum Gasteiger partial charge on any atom is -0.356 e. The van der Waals surface area contributed by atoms with E-state index < -0.39 is 0 Å². The Bertz CT molecular complexity index is 165. The first-order chi connectivity index (χ1) is 6.83. The van der Waals surface area contributed by atoms with Crippen molar-refractivity contribution in [3.63, 3.8) is 0 Å². The first kappa shape index (κ1) is 11.5. The molecule has 1 fully saturated rings. The van der Waals surface area contributed by atoms with Gasteiger partial charge < -0.3 is 15.5 Å². The van der Waals surface area contributed by atoms with E-state index >= 15 is 0 Å². The monoisotopic (exact) mass is 199 g/mol. The molecule has 82 valence electrons. The van der Waals surface area contributed by atoms with Crippen molar-refractivity contribution in [3.8, 4) is 0 Å². The Morgan fingerprint density at radius 2 is 2.29 bits per heavy atom. The Morgan fingerprint density at radius 3 is 3.07 bits per heavy atom. The normalized spacial score (nSPS) is 18.9. The molecule has 4 heteroatoms. The van der Waals surface area contributed by atoms with Crippen molar-refractivity contribution in [2.24, 2.45) is 0 Å². The quantitative estimate of drug-likeness (QED) is 0.659. The van der Waals surface area contributed by atoms with Crippen LogP contribution in [0, 0.1) is 0 Å². The molecule has 0 bridgehead atoms.